The second-order valence-electron chi connectivity index (χ2n) is 2.45. The van der Waals surface area contributed by atoms with Gasteiger partial charge in [0.2, 0.25) is 0 Å². The van der Waals surface area contributed by atoms with Crippen molar-refractivity contribution in [2.75, 3.05) is 26.4 Å². The van der Waals surface area contributed by atoms with Crippen molar-refractivity contribution < 1.29 is 90.7 Å². The van der Waals surface area contributed by atoms with E-state index in [-0.39, 0.29) is 62.0 Å². The van der Waals surface area contributed by atoms with Gasteiger partial charge >= 0.3 is 66.9 Å². The fourth-order valence-corrected chi connectivity index (χ4v) is 0.289. The number of rotatable bonds is 0. The van der Waals surface area contributed by atoms with Crippen molar-refractivity contribution in [1.29, 1.82) is 0 Å². The molecule has 2 fully saturated rings. The summed E-state index contributed by atoms with van der Waals surface area (Å²) < 4.78 is 18.3. The summed E-state index contributed by atoms with van der Waals surface area (Å²) in [6, 6.07) is 0. The van der Waals surface area contributed by atoms with Crippen LogP contribution in [0.3, 0.4) is 0 Å². The molecule has 0 aromatic rings. The van der Waals surface area contributed by atoms with Crippen LogP contribution >= 0.6 is 7.82 Å². The quantitative estimate of drug-likeness (QED) is 0.297. The van der Waals surface area contributed by atoms with Crippen LogP contribution in [0, 0.1) is 0 Å². The van der Waals surface area contributed by atoms with Crippen LogP contribution in [-0.2, 0) is 14.0 Å². The first-order chi connectivity index (χ1) is 6.00. The summed E-state index contributed by atoms with van der Waals surface area (Å²) in [5.74, 6) is 0. The molecule has 9 heteroatoms. The first-order valence-corrected chi connectivity index (χ1v) is 5.50. The molecule has 2 rings (SSSR count). The Morgan fingerprint density at radius 2 is 0.933 bits per heavy atom. The molecule has 0 amide bonds. The first-order valence-electron chi connectivity index (χ1n) is 3.94. The third-order valence-corrected chi connectivity index (χ3v) is 1.15. The predicted octanol–water partition coefficient (Wildman–Crippen LogP) is -5.88. The number of phosphoric acid groups is 1. The fourth-order valence-electron chi connectivity index (χ4n) is 0.289. The average Bonchev–Trinajstić information content (AvgIpc) is 1.41. The van der Waals surface area contributed by atoms with Crippen molar-refractivity contribution in [1.82, 2.24) is 0 Å². The van der Waals surface area contributed by atoms with E-state index in [0.29, 0.717) is 0 Å². The molecule has 0 aromatic carbocycles. The predicted molar refractivity (Wildman–Crippen MR) is 47.4 cm³/mol. The van der Waals surface area contributed by atoms with E-state index in [2.05, 4.69) is 0 Å². The van der Waals surface area contributed by atoms with Gasteiger partial charge in [-0.1, -0.05) is 0 Å². The molecular weight excluding hydrogens is 245 g/mol. The number of hydrogen-bond acceptors (Lipinski definition) is 3. The maximum Gasteiger partial charge on any atom is 1.00 e. The number of ether oxygens (including phenoxy) is 2. The zero-order valence-electron chi connectivity index (χ0n) is 11.3. The van der Waals surface area contributed by atoms with Gasteiger partial charge in [0.1, 0.15) is 0 Å². The van der Waals surface area contributed by atoms with Crippen molar-refractivity contribution in [3.05, 3.63) is 0 Å². The van der Waals surface area contributed by atoms with Crippen molar-refractivity contribution in [3.8, 4) is 0 Å². The van der Waals surface area contributed by atoms with Gasteiger partial charge in [0, 0.05) is 26.4 Å². The molecule has 0 spiro atoms. The smallest absolute Gasteiger partial charge is 1.00 e. The summed E-state index contributed by atoms with van der Waals surface area (Å²) in [7, 11) is -4.64. The zero-order chi connectivity index (χ0) is 10.2. The SMILES string of the molecule is C1COC1.C1COC1.O=P(O)(O)O.[H-].[H-].[Na+].[Na+]. The summed E-state index contributed by atoms with van der Waals surface area (Å²) in [5.41, 5.74) is 0. The number of hydrogen-bond donors (Lipinski definition) is 3. The summed E-state index contributed by atoms with van der Waals surface area (Å²) in [4.78, 5) is 21.6. The Kier molecular flexibility index (Phi) is 20.9. The third-order valence-electron chi connectivity index (χ3n) is 1.15. The van der Waals surface area contributed by atoms with Crippen molar-refractivity contribution in [2.45, 2.75) is 12.8 Å². The second kappa shape index (κ2) is 14.1. The van der Waals surface area contributed by atoms with E-state index in [0.717, 1.165) is 26.4 Å². The Morgan fingerprint density at radius 1 is 0.867 bits per heavy atom. The van der Waals surface area contributed by atoms with Gasteiger partial charge in [-0.05, 0) is 12.8 Å². The molecule has 2 heterocycles. The maximum absolute atomic E-state index is 8.88. The Bertz CT molecular complexity index is 140. The van der Waals surface area contributed by atoms with Gasteiger partial charge in [0.15, 0.2) is 0 Å². The van der Waals surface area contributed by atoms with E-state index in [1.807, 2.05) is 0 Å². The van der Waals surface area contributed by atoms with Crippen LogP contribution < -0.4 is 59.1 Å². The van der Waals surface area contributed by atoms with Gasteiger partial charge in [-0.15, -0.1) is 0 Å². The normalized spacial score (nSPS) is 16.7. The van der Waals surface area contributed by atoms with Crippen LogP contribution in [0.2, 0.25) is 0 Å². The molecule has 3 N–H and O–H groups in total. The Hall–Kier alpha value is 2.03. The van der Waals surface area contributed by atoms with Gasteiger partial charge in [0.05, 0.1) is 0 Å². The summed E-state index contributed by atoms with van der Waals surface area (Å²) in [6.07, 6.45) is 2.56. The molecule has 0 aromatic heterocycles. The van der Waals surface area contributed by atoms with Gasteiger partial charge < -0.3 is 27.0 Å². The van der Waals surface area contributed by atoms with E-state index < -0.39 is 7.82 Å². The second-order valence-corrected chi connectivity index (χ2v) is 3.47. The molecule has 0 atom stereocenters. The summed E-state index contributed by atoms with van der Waals surface area (Å²) >= 11 is 0. The van der Waals surface area contributed by atoms with E-state index in [1.165, 1.54) is 12.8 Å². The van der Waals surface area contributed by atoms with Gasteiger partial charge in [-0.25, -0.2) is 4.57 Å². The van der Waals surface area contributed by atoms with Crippen molar-refractivity contribution >= 4 is 7.82 Å². The minimum atomic E-state index is -4.64. The maximum atomic E-state index is 8.88. The van der Waals surface area contributed by atoms with E-state index in [9.17, 15) is 0 Å². The fraction of sp³-hybridized carbons (Fsp3) is 1.00. The molecule has 15 heavy (non-hydrogen) atoms. The van der Waals surface area contributed by atoms with Crippen LogP contribution in [0.4, 0.5) is 0 Å². The topological polar surface area (TPSA) is 96.2 Å². The Labute approximate surface area is 137 Å². The molecule has 0 unspecified atom stereocenters. The molecular formula is C6H17Na2O6P. The largest absolute Gasteiger partial charge is 1.00 e. The van der Waals surface area contributed by atoms with Gasteiger partial charge in [-0.3, -0.25) is 0 Å². The van der Waals surface area contributed by atoms with Crippen LogP contribution in [-0.4, -0.2) is 41.1 Å². The van der Waals surface area contributed by atoms with Crippen LogP contribution in [0.25, 0.3) is 0 Å². The van der Waals surface area contributed by atoms with E-state index in [4.69, 9.17) is 28.7 Å². The third kappa shape index (κ3) is 31.4. The molecule has 0 bridgehead atoms. The molecule has 2 saturated heterocycles. The molecule has 0 aliphatic carbocycles. The van der Waals surface area contributed by atoms with Gasteiger partial charge in [0.25, 0.3) is 0 Å². The standard InChI is InChI=1S/2C3H6O.2Na.H3O4P.2H/c2*1-2-4-3-1;;;1-5(2,3)4;;/h2*1-3H2;;;(H3,1,2,3,4);;/q;;2*+1;;2*-1. The van der Waals surface area contributed by atoms with Gasteiger partial charge in [-0.2, -0.15) is 0 Å². The summed E-state index contributed by atoms with van der Waals surface area (Å²) in [6.45, 7) is 4.00. The minimum absolute atomic E-state index is 0. The van der Waals surface area contributed by atoms with Crippen molar-refractivity contribution in [2.24, 2.45) is 0 Å². The molecule has 2 aliphatic heterocycles. The van der Waals surface area contributed by atoms with E-state index in [1.54, 1.807) is 0 Å². The Morgan fingerprint density at radius 3 is 0.933 bits per heavy atom. The minimum Gasteiger partial charge on any atom is -1.00 e. The molecule has 0 radical (unpaired) electrons. The van der Waals surface area contributed by atoms with Crippen LogP contribution in [0.1, 0.15) is 15.7 Å². The van der Waals surface area contributed by atoms with Crippen LogP contribution in [0.15, 0.2) is 0 Å². The molecule has 2 aliphatic rings. The zero-order valence-corrected chi connectivity index (χ0v) is 14.2. The van der Waals surface area contributed by atoms with Crippen molar-refractivity contribution in [3.63, 3.8) is 0 Å². The molecule has 0 saturated carbocycles. The summed E-state index contributed by atoms with van der Waals surface area (Å²) in [5, 5.41) is 0. The van der Waals surface area contributed by atoms with Crippen LogP contribution in [0.5, 0.6) is 0 Å². The average molecular weight is 262 g/mol. The molecule has 6 nitrogen and oxygen atoms in total. The van der Waals surface area contributed by atoms with E-state index >= 15 is 0 Å². The Balaban J connectivity index is -0.0000000379. The molecule has 84 valence electrons. The monoisotopic (exact) mass is 262 g/mol. The first kappa shape index (κ1) is 22.2.